The van der Waals surface area contributed by atoms with Crippen LogP contribution >= 0.6 is 0 Å². The van der Waals surface area contributed by atoms with Gasteiger partial charge in [0.25, 0.3) is 0 Å². The van der Waals surface area contributed by atoms with E-state index in [2.05, 4.69) is 10.7 Å². The van der Waals surface area contributed by atoms with Gasteiger partial charge >= 0.3 is 0 Å². The van der Waals surface area contributed by atoms with Crippen LogP contribution in [0.4, 0.5) is 0 Å². The fourth-order valence-electron chi connectivity index (χ4n) is 3.07. The highest BCUT2D eigenvalue weighted by molar-refractivity contribution is 5.78. The molecule has 2 aliphatic heterocycles. The molecule has 2 saturated heterocycles. The van der Waals surface area contributed by atoms with Crippen LogP contribution < -0.4 is 10.7 Å². The zero-order valence-corrected chi connectivity index (χ0v) is 9.74. The van der Waals surface area contributed by atoms with Gasteiger partial charge < -0.3 is 5.32 Å². The van der Waals surface area contributed by atoms with E-state index in [1.54, 1.807) is 0 Å². The van der Waals surface area contributed by atoms with E-state index in [1.807, 2.05) is 5.01 Å². The molecule has 0 spiro atoms. The summed E-state index contributed by atoms with van der Waals surface area (Å²) in [4.78, 5) is 12.0. The van der Waals surface area contributed by atoms with Crippen molar-refractivity contribution < 1.29 is 4.79 Å². The van der Waals surface area contributed by atoms with E-state index in [0.717, 1.165) is 38.3 Å². The molecule has 0 aromatic rings. The van der Waals surface area contributed by atoms with E-state index in [0.29, 0.717) is 18.0 Å². The Labute approximate surface area is 96.7 Å². The fourth-order valence-corrected chi connectivity index (χ4v) is 3.07. The van der Waals surface area contributed by atoms with E-state index in [-0.39, 0.29) is 0 Å². The van der Waals surface area contributed by atoms with Gasteiger partial charge in [-0.15, -0.1) is 0 Å². The molecule has 2 N–H and O–H groups in total. The van der Waals surface area contributed by atoms with Crippen molar-refractivity contribution in [2.24, 2.45) is 5.92 Å². The number of nitrogens with one attached hydrogen (secondary N) is 2. The van der Waals surface area contributed by atoms with Gasteiger partial charge in [0, 0.05) is 12.5 Å². The summed E-state index contributed by atoms with van der Waals surface area (Å²) in [6.07, 6.45) is 6.89. The quantitative estimate of drug-likeness (QED) is 0.722. The van der Waals surface area contributed by atoms with Crippen LogP contribution in [0.25, 0.3) is 0 Å². The van der Waals surface area contributed by atoms with Crippen molar-refractivity contribution >= 4 is 5.91 Å². The summed E-state index contributed by atoms with van der Waals surface area (Å²) in [6.45, 7) is 2.09. The maximum Gasteiger partial charge on any atom is 0.238 e. The van der Waals surface area contributed by atoms with Crippen molar-refractivity contribution in [3.63, 3.8) is 0 Å². The lowest BCUT2D eigenvalue weighted by Crippen LogP contribution is -2.50. The average molecular weight is 223 g/mol. The molecule has 4 heteroatoms. The van der Waals surface area contributed by atoms with Crippen molar-refractivity contribution in [1.82, 2.24) is 15.8 Å². The van der Waals surface area contributed by atoms with Gasteiger partial charge in [-0.3, -0.25) is 9.80 Å². The third kappa shape index (κ3) is 1.84. The fraction of sp³-hybridized carbons (Fsp3) is 0.917. The molecule has 90 valence electrons. The lowest BCUT2D eigenvalue weighted by molar-refractivity contribution is -0.132. The Hall–Kier alpha value is -0.610. The molecule has 0 bridgehead atoms. The third-order valence-electron chi connectivity index (χ3n) is 4.36. The van der Waals surface area contributed by atoms with E-state index < -0.39 is 0 Å². The summed E-state index contributed by atoms with van der Waals surface area (Å²) in [5.74, 6) is 1.08. The average Bonchev–Trinajstić information content (AvgIpc) is 2.59. The summed E-state index contributed by atoms with van der Waals surface area (Å²) in [5, 5.41) is 5.29. The first kappa shape index (κ1) is 10.5. The van der Waals surface area contributed by atoms with E-state index in [9.17, 15) is 4.79 Å². The van der Waals surface area contributed by atoms with Gasteiger partial charge in [0.05, 0.1) is 6.04 Å². The standard InChI is InChI=1S/C12H21N3O/c16-12-8-11(9-2-1-3-9)14-15(12)10-4-6-13-7-5-10/h9-11,13-14H,1-8H2. The molecule has 1 saturated carbocycles. The van der Waals surface area contributed by atoms with Crippen molar-refractivity contribution in [2.75, 3.05) is 13.1 Å². The Bertz CT molecular complexity index is 271. The molecule has 3 fully saturated rings. The van der Waals surface area contributed by atoms with Crippen LogP contribution in [0.15, 0.2) is 0 Å². The van der Waals surface area contributed by atoms with Crippen LogP contribution in [-0.4, -0.2) is 36.1 Å². The Morgan fingerprint density at radius 1 is 1.12 bits per heavy atom. The number of hydrogen-bond donors (Lipinski definition) is 2. The molecule has 1 aliphatic carbocycles. The smallest absolute Gasteiger partial charge is 0.238 e. The topological polar surface area (TPSA) is 44.4 Å². The summed E-state index contributed by atoms with van der Waals surface area (Å²) in [6, 6.07) is 0.870. The predicted octanol–water partition coefficient (Wildman–Crippen LogP) is 0.644. The van der Waals surface area contributed by atoms with Gasteiger partial charge in [0.1, 0.15) is 0 Å². The molecular weight excluding hydrogens is 202 g/mol. The van der Waals surface area contributed by atoms with Gasteiger partial charge in [0.2, 0.25) is 5.91 Å². The first-order valence-electron chi connectivity index (χ1n) is 6.63. The van der Waals surface area contributed by atoms with Gasteiger partial charge in [-0.05, 0) is 44.7 Å². The highest BCUT2D eigenvalue weighted by Crippen LogP contribution is 2.34. The second-order valence-corrected chi connectivity index (χ2v) is 5.38. The van der Waals surface area contributed by atoms with Crippen LogP contribution in [-0.2, 0) is 4.79 Å². The molecule has 0 radical (unpaired) electrons. The summed E-state index contributed by atoms with van der Waals surface area (Å²) >= 11 is 0. The Balaban J connectivity index is 1.60. The normalized spacial score (nSPS) is 33.1. The molecule has 16 heavy (non-hydrogen) atoms. The molecule has 4 nitrogen and oxygen atoms in total. The summed E-state index contributed by atoms with van der Waals surface area (Å²) < 4.78 is 0. The molecule has 1 unspecified atom stereocenters. The lowest BCUT2D eigenvalue weighted by atomic mass is 9.79. The zero-order chi connectivity index (χ0) is 11.0. The number of hydrogen-bond acceptors (Lipinski definition) is 3. The largest absolute Gasteiger partial charge is 0.317 e. The van der Waals surface area contributed by atoms with Crippen LogP contribution in [0, 0.1) is 5.92 Å². The van der Waals surface area contributed by atoms with Crippen molar-refractivity contribution in [1.29, 1.82) is 0 Å². The second-order valence-electron chi connectivity index (χ2n) is 5.38. The first-order chi connectivity index (χ1) is 7.84. The first-order valence-corrected chi connectivity index (χ1v) is 6.63. The molecular formula is C12H21N3O. The lowest BCUT2D eigenvalue weighted by Gasteiger charge is -2.35. The minimum absolute atomic E-state index is 0.323. The molecule has 1 amide bonds. The molecule has 3 aliphatic rings. The molecule has 3 rings (SSSR count). The van der Waals surface area contributed by atoms with Gasteiger partial charge in [0.15, 0.2) is 0 Å². The maximum absolute atomic E-state index is 12.0. The number of hydrazine groups is 1. The van der Waals surface area contributed by atoms with E-state index in [4.69, 9.17) is 0 Å². The minimum Gasteiger partial charge on any atom is -0.317 e. The van der Waals surface area contributed by atoms with Gasteiger partial charge in [-0.1, -0.05) is 6.42 Å². The van der Waals surface area contributed by atoms with Crippen LogP contribution in [0.3, 0.4) is 0 Å². The van der Waals surface area contributed by atoms with Crippen molar-refractivity contribution in [3.8, 4) is 0 Å². The SMILES string of the molecule is O=C1CC(C2CCC2)NN1C1CCNCC1. The van der Waals surface area contributed by atoms with E-state index >= 15 is 0 Å². The molecule has 0 aromatic carbocycles. The van der Waals surface area contributed by atoms with Crippen molar-refractivity contribution in [3.05, 3.63) is 0 Å². The number of piperidine rings is 1. The monoisotopic (exact) mass is 223 g/mol. The Morgan fingerprint density at radius 2 is 1.88 bits per heavy atom. The van der Waals surface area contributed by atoms with Gasteiger partial charge in [-0.2, -0.15) is 0 Å². The van der Waals surface area contributed by atoms with E-state index in [1.165, 1.54) is 19.3 Å². The Kier molecular flexibility index (Phi) is 2.86. The third-order valence-corrected chi connectivity index (χ3v) is 4.36. The van der Waals surface area contributed by atoms with Gasteiger partial charge in [-0.25, -0.2) is 5.43 Å². The van der Waals surface area contributed by atoms with Crippen LogP contribution in [0.1, 0.15) is 38.5 Å². The van der Waals surface area contributed by atoms with Crippen LogP contribution in [0.5, 0.6) is 0 Å². The number of carbonyl (C=O) groups excluding carboxylic acids is 1. The summed E-state index contributed by atoms with van der Waals surface area (Å²) in [5.41, 5.74) is 3.47. The highest BCUT2D eigenvalue weighted by atomic mass is 16.2. The maximum atomic E-state index is 12.0. The number of rotatable bonds is 2. The Morgan fingerprint density at radius 3 is 2.50 bits per heavy atom. The molecule has 2 heterocycles. The minimum atomic E-state index is 0.323. The number of nitrogens with zero attached hydrogens (tertiary/aromatic N) is 1. The molecule has 0 aromatic heterocycles. The predicted molar refractivity (Wildman–Crippen MR) is 61.6 cm³/mol. The number of carbonyl (C=O) groups is 1. The highest BCUT2D eigenvalue weighted by Gasteiger charge is 2.39. The van der Waals surface area contributed by atoms with Crippen LogP contribution in [0.2, 0.25) is 0 Å². The molecule has 1 atom stereocenters. The number of amides is 1. The van der Waals surface area contributed by atoms with Crippen molar-refractivity contribution in [2.45, 2.75) is 50.6 Å². The second kappa shape index (κ2) is 4.34. The zero-order valence-electron chi connectivity index (χ0n) is 9.74. The summed E-state index contributed by atoms with van der Waals surface area (Å²) in [7, 11) is 0.